The lowest BCUT2D eigenvalue weighted by molar-refractivity contribution is -0.119. The number of anilines is 2. The molecular weight excluding hydrogens is 226 g/mol. The molecule has 0 spiro atoms. The van der Waals surface area contributed by atoms with Crippen molar-refractivity contribution >= 4 is 17.3 Å². The summed E-state index contributed by atoms with van der Waals surface area (Å²) >= 11 is 0. The summed E-state index contributed by atoms with van der Waals surface area (Å²) < 4.78 is 0. The molecule has 4 heteroatoms. The van der Waals surface area contributed by atoms with Crippen LogP contribution in [-0.4, -0.2) is 26.0 Å². The van der Waals surface area contributed by atoms with Crippen molar-refractivity contribution in [2.75, 3.05) is 24.3 Å². The number of carbonyl (C=O) groups is 1. The Morgan fingerprint density at radius 3 is 2.44 bits per heavy atom. The van der Waals surface area contributed by atoms with Gasteiger partial charge in [0.25, 0.3) is 0 Å². The zero-order valence-corrected chi connectivity index (χ0v) is 11.8. The van der Waals surface area contributed by atoms with Crippen molar-refractivity contribution in [1.82, 2.24) is 0 Å². The second-order valence-electron chi connectivity index (χ2n) is 5.78. The zero-order chi connectivity index (χ0) is 13.9. The summed E-state index contributed by atoms with van der Waals surface area (Å²) in [6.45, 7) is 5.86. The number of hydrogen-bond acceptors (Lipinski definition) is 3. The fraction of sp³-hybridized carbons (Fsp3) is 0.500. The van der Waals surface area contributed by atoms with Gasteiger partial charge in [0.05, 0.1) is 6.04 Å². The standard InChI is InChI=1S/C14H23N3O/c1-14(2,3)12(15)13(18)16-10-7-6-8-11(9-10)17(4)5/h6-9,12H,15H2,1-5H3,(H,16,18)/t12-/m0/s1. The Morgan fingerprint density at radius 1 is 1.33 bits per heavy atom. The summed E-state index contributed by atoms with van der Waals surface area (Å²) in [4.78, 5) is 14.0. The van der Waals surface area contributed by atoms with Crippen LogP contribution in [0.3, 0.4) is 0 Å². The molecule has 0 aliphatic rings. The minimum absolute atomic E-state index is 0.154. The summed E-state index contributed by atoms with van der Waals surface area (Å²) in [6.07, 6.45) is 0. The molecule has 0 fully saturated rings. The van der Waals surface area contributed by atoms with Gasteiger partial charge in [-0.1, -0.05) is 26.8 Å². The third-order valence-electron chi connectivity index (χ3n) is 2.85. The smallest absolute Gasteiger partial charge is 0.241 e. The van der Waals surface area contributed by atoms with E-state index in [4.69, 9.17) is 5.73 Å². The molecule has 0 heterocycles. The molecule has 0 aliphatic heterocycles. The maximum absolute atomic E-state index is 12.0. The normalized spacial score (nSPS) is 13.0. The fourth-order valence-electron chi connectivity index (χ4n) is 1.48. The topological polar surface area (TPSA) is 58.4 Å². The maximum atomic E-state index is 12.0. The second kappa shape index (κ2) is 5.40. The zero-order valence-electron chi connectivity index (χ0n) is 11.8. The van der Waals surface area contributed by atoms with Gasteiger partial charge in [-0.25, -0.2) is 0 Å². The molecule has 1 rings (SSSR count). The van der Waals surface area contributed by atoms with Crippen molar-refractivity contribution in [3.8, 4) is 0 Å². The molecule has 0 bridgehead atoms. The van der Waals surface area contributed by atoms with E-state index in [1.165, 1.54) is 0 Å². The highest BCUT2D eigenvalue weighted by molar-refractivity contribution is 5.95. The monoisotopic (exact) mass is 249 g/mol. The van der Waals surface area contributed by atoms with Gasteiger partial charge in [0.1, 0.15) is 0 Å². The summed E-state index contributed by atoms with van der Waals surface area (Å²) in [5.41, 5.74) is 7.48. The van der Waals surface area contributed by atoms with Crippen LogP contribution in [0.25, 0.3) is 0 Å². The first kappa shape index (κ1) is 14.5. The number of carbonyl (C=O) groups excluding carboxylic acids is 1. The molecule has 18 heavy (non-hydrogen) atoms. The van der Waals surface area contributed by atoms with Gasteiger partial charge in [0.15, 0.2) is 0 Å². The molecule has 1 atom stereocenters. The van der Waals surface area contributed by atoms with Gasteiger partial charge in [-0.3, -0.25) is 4.79 Å². The lowest BCUT2D eigenvalue weighted by Gasteiger charge is -2.26. The SMILES string of the molecule is CN(C)c1cccc(NC(=O)[C@H](N)C(C)(C)C)c1. The van der Waals surface area contributed by atoms with Crippen LogP contribution in [0.15, 0.2) is 24.3 Å². The van der Waals surface area contributed by atoms with Gasteiger partial charge in [0.2, 0.25) is 5.91 Å². The van der Waals surface area contributed by atoms with Gasteiger partial charge >= 0.3 is 0 Å². The van der Waals surface area contributed by atoms with Crippen LogP contribution in [0.2, 0.25) is 0 Å². The van der Waals surface area contributed by atoms with Crippen molar-refractivity contribution in [1.29, 1.82) is 0 Å². The highest BCUT2D eigenvalue weighted by Gasteiger charge is 2.27. The Balaban J connectivity index is 2.79. The van der Waals surface area contributed by atoms with Crippen molar-refractivity contribution in [2.45, 2.75) is 26.8 Å². The Morgan fingerprint density at radius 2 is 1.94 bits per heavy atom. The van der Waals surface area contributed by atoms with E-state index < -0.39 is 6.04 Å². The first-order chi connectivity index (χ1) is 8.21. The molecule has 0 saturated heterocycles. The summed E-state index contributed by atoms with van der Waals surface area (Å²) in [7, 11) is 3.92. The Bertz CT molecular complexity index is 421. The van der Waals surface area contributed by atoms with Gasteiger partial charge in [-0.2, -0.15) is 0 Å². The first-order valence-electron chi connectivity index (χ1n) is 6.05. The van der Waals surface area contributed by atoms with E-state index in [0.29, 0.717) is 0 Å². The lowest BCUT2D eigenvalue weighted by Crippen LogP contribution is -2.45. The van der Waals surface area contributed by atoms with E-state index in [2.05, 4.69) is 5.32 Å². The van der Waals surface area contributed by atoms with E-state index >= 15 is 0 Å². The largest absolute Gasteiger partial charge is 0.378 e. The molecule has 0 aliphatic carbocycles. The average molecular weight is 249 g/mol. The number of nitrogens with one attached hydrogen (secondary N) is 1. The number of amides is 1. The predicted octanol–water partition coefficient (Wildman–Crippen LogP) is 2.06. The molecule has 1 aromatic rings. The minimum atomic E-state index is -0.527. The molecule has 1 aromatic carbocycles. The van der Waals surface area contributed by atoms with Crippen LogP contribution in [0, 0.1) is 5.41 Å². The number of rotatable bonds is 3. The van der Waals surface area contributed by atoms with Crippen LogP contribution < -0.4 is 16.0 Å². The van der Waals surface area contributed by atoms with E-state index in [1.807, 2.05) is 64.0 Å². The van der Waals surface area contributed by atoms with Crippen LogP contribution in [0.4, 0.5) is 11.4 Å². The van der Waals surface area contributed by atoms with Gasteiger partial charge < -0.3 is 16.0 Å². The number of nitrogens with zero attached hydrogens (tertiary/aromatic N) is 1. The van der Waals surface area contributed by atoms with Gasteiger partial charge in [-0.05, 0) is 23.6 Å². The molecule has 0 unspecified atom stereocenters. The van der Waals surface area contributed by atoms with Gasteiger partial charge in [0, 0.05) is 25.5 Å². The summed E-state index contributed by atoms with van der Waals surface area (Å²) in [6, 6.07) is 7.15. The molecule has 0 aromatic heterocycles. The quantitative estimate of drug-likeness (QED) is 0.862. The van der Waals surface area contributed by atoms with E-state index in [9.17, 15) is 4.79 Å². The van der Waals surface area contributed by atoms with Crippen molar-refractivity contribution in [2.24, 2.45) is 11.1 Å². The number of benzene rings is 1. The Kier molecular flexibility index (Phi) is 4.35. The van der Waals surface area contributed by atoms with E-state index in [1.54, 1.807) is 0 Å². The highest BCUT2D eigenvalue weighted by atomic mass is 16.2. The van der Waals surface area contributed by atoms with E-state index in [0.717, 1.165) is 11.4 Å². The van der Waals surface area contributed by atoms with Crippen LogP contribution >= 0.6 is 0 Å². The lowest BCUT2D eigenvalue weighted by atomic mass is 9.87. The van der Waals surface area contributed by atoms with Crippen molar-refractivity contribution in [3.05, 3.63) is 24.3 Å². The van der Waals surface area contributed by atoms with Crippen LogP contribution in [0.1, 0.15) is 20.8 Å². The van der Waals surface area contributed by atoms with E-state index in [-0.39, 0.29) is 11.3 Å². The van der Waals surface area contributed by atoms with Crippen LogP contribution in [-0.2, 0) is 4.79 Å². The predicted molar refractivity (Wildman–Crippen MR) is 76.8 cm³/mol. The first-order valence-corrected chi connectivity index (χ1v) is 6.05. The third kappa shape index (κ3) is 3.74. The third-order valence-corrected chi connectivity index (χ3v) is 2.85. The molecule has 1 amide bonds. The summed E-state index contributed by atoms with van der Waals surface area (Å²) in [5, 5.41) is 2.85. The summed E-state index contributed by atoms with van der Waals surface area (Å²) in [5.74, 6) is -0.154. The highest BCUT2D eigenvalue weighted by Crippen LogP contribution is 2.21. The Labute approximate surface area is 109 Å². The Hall–Kier alpha value is -1.55. The van der Waals surface area contributed by atoms with Crippen molar-refractivity contribution < 1.29 is 4.79 Å². The minimum Gasteiger partial charge on any atom is -0.378 e. The molecule has 0 radical (unpaired) electrons. The maximum Gasteiger partial charge on any atom is 0.241 e. The molecular formula is C14H23N3O. The molecule has 0 saturated carbocycles. The molecule has 4 nitrogen and oxygen atoms in total. The number of hydrogen-bond donors (Lipinski definition) is 2. The molecule has 100 valence electrons. The second-order valence-corrected chi connectivity index (χ2v) is 5.78. The van der Waals surface area contributed by atoms with Crippen molar-refractivity contribution in [3.63, 3.8) is 0 Å². The fourth-order valence-corrected chi connectivity index (χ4v) is 1.48. The average Bonchev–Trinajstić information content (AvgIpc) is 2.27. The van der Waals surface area contributed by atoms with Gasteiger partial charge in [-0.15, -0.1) is 0 Å². The number of nitrogens with two attached hydrogens (primary N) is 1. The van der Waals surface area contributed by atoms with Crippen LogP contribution in [0.5, 0.6) is 0 Å². The molecule has 3 N–H and O–H groups in total.